The molecule has 1 aromatic carbocycles. The Hall–Kier alpha value is -2.84. The van der Waals surface area contributed by atoms with Crippen LogP contribution in [0.5, 0.6) is 0 Å². The van der Waals surface area contributed by atoms with Gasteiger partial charge in [0.15, 0.2) is 0 Å². The minimum atomic E-state index is -0.104. The van der Waals surface area contributed by atoms with E-state index in [2.05, 4.69) is 26.8 Å². The minimum absolute atomic E-state index is 0.0555. The van der Waals surface area contributed by atoms with Gasteiger partial charge in [-0.1, -0.05) is 12.1 Å². The highest BCUT2D eigenvalue weighted by Gasteiger charge is 2.34. The quantitative estimate of drug-likeness (QED) is 0.703. The Morgan fingerprint density at radius 1 is 1.20 bits per heavy atom. The molecule has 156 valence electrons. The van der Waals surface area contributed by atoms with Gasteiger partial charge in [0, 0.05) is 31.6 Å². The molecule has 1 N–H and O–H groups in total. The van der Waals surface area contributed by atoms with Gasteiger partial charge < -0.3 is 14.9 Å². The van der Waals surface area contributed by atoms with Crippen molar-refractivity contribution in [2.75, 3.05) is 31.6 Å². The summed E-state index contributed by atoms with van der Waals surface area (Å²) in [5.41, 5.74) is 2.89. The van der Waals surface area contributed by atoms with Crippen molar-refractivity contribution in [3.8, 4) is 0 Å². The Kier molecular flexibility index (Phi) is 4.96. The van der Waals surface area contributed by atoms with E-state index in [1.165, 1.54) is 5.56 Å². The number of aromatic nitrogens is 4. The van der Waals surface area contributed by atoms with Crippen molar-refractivity contribution in [3.63, 3.8) is 0 Å². The zero-order valence-corrected chi connectivity index (χ0v) is 17.2. The van der Waals surface area contributed by atoms with Gasteiger partial charge in [0.05, 0.1) is 35.8 Å². The third kappa shape index (κ3) is 3.16. The van der Waals surface area contributed by atoms with E-state index >= 15 is 0 Å². The second kappa shape index (κ2) is 7.77. The van der Waals surface area contributed by atoms with E-state index in [9.17, 15) is 9.90 Å². The number of hydrogen-bond donors (Lipinski definition) is 1. The molecular formula is C22H26N6O2. The molecule has 0 bridgehead atoms. The lowest BCUT2D eigenvalue weighted by atomic mass is 10.1. The fourth-order valence-electron chi connectivity index (χ4n) is 4.75. The molecule has 0 spiro atoms. The maximum absolute atomic E-state index is 13.2. The molecular weight excluding hydrogens is 380 g/mol. The predicted octanol–water partition coefficient (Wildman–Crippen LogP) is 1.51. The molecule has 1 unspecified atom stereocenters. The molecule has 4 heterocycles. The van der Waals surface area contributed by atoms with Crippen LogP contribution in [0, 0.1) is 0 Å². The first-order valence-corrected chi connectivity index (χ1v) is 10.6. The second-order valence-electron chi connectivity index (χ2n) is 8.13. The normalized spacial score (nSPS) is 19.4. The van der Waals surface area contributed by atoms with E-state index in [0.717, 1.165) is 50.4 Å². The Morgan fingerprint density at radius 3 is 2.93 bits per heavy atom. The van der Waals surface area contributed by atoms with Crippen LogP contribution in [0.1, 0.15) is 36.0 Å². The second-order valence-corrected chi connectivity index (χ2v) is 8.13. The lowest BCUT2D eigenvalue weighted by Crippen LogP contribution is -2.35. The van der Waals surface area contributed by atoms with Crippen molar-refractivity contribution in [2.24, 2.45) is 0 Å². The van der Waals surface area contributed by atoms with Gasteiger partial charge in [0.25, 0.3) is 5.56 Å². The summed E-state index contributed by atoms with van der Waals surface area (Å²) in [5, 5.41) is 10.2. The topological polar surface area (TPSA) is 87.4 Å². The highest BCUT2D eigenvalue weighted by Crippen LogP contribution is 2.37. The number of para-hydroxylation sites is 1. The fourth-order valence-corrected chi connectivity index (χ4v) is 4.75. The summed E-state index contributed by atoms with van der Waals surface area (Å²) in [6, 6.07) is 7.37. The van der Waals surface area contributed by atoms with Crippen LogP contribution in [0.4, 0.5) is 5.82 Å². The summed E-state index contributed by atoms with van der Waals surface area (Å²) in [5.74, 6) is 1.66. The molecule has 2 aliphatic heterocycles. The monoisotopic (exact) mass is 406 g/mol. The van der Waals surface area contributed by atoms with E-state index in [4.69, 9.17) is 4.98 Å². The number of rotatable bonds is 4. The summed E-state index contributed by atoms with van der Waals surface area (Å²) < 4.78 is 1.64. The van der Waals surface area contributed by atoms with Crippen LogP contribution in [0.25, 0.3) is 10.9 Å². The van der Waals surface area contributed by atoms with Crippen molar-refractivity contribution in [3.05, 3.63) is 58.0 Å². The first kappa shape index (κ1) is 19.1. The van der Waals surface area contributed by atoms with E-state index in [0.29, 0.717) is 16.7 Å². The number of likely N-dealkylation sites (N-methyl/N-ethyl adjacent to an activating group) is 1. The molecule has 1 saturated heterocycles. The maximum Gasteiger partial charge on any atom is 0.261 e. The largest absolute Gasteiger partial charge is 0.395 e. The van der Waals surface area contributed by atoms with Gasteiger partial charge in [-0.3, -0.25) is 9.36 Å². The zero-order valence-electron chi connectivity index (χ0n) is 17.2. The van der Waals surface area contributed by atoms with Crippen LogP contribution >= 0.6 is 0 Å². The third-order valence-corrected chi connectivity index (χ3v) is 6.21. The van der Waals surface area contributed by atoms with E-state index in [1.54, 1.807) is 17.0 Å². The standard InChI is InChI=1S/C22H26N6O2/c1-26-10-8-17-16(13-26)20(24-14-23-17)27-9-4-7-19(27)21-25-18-6-3-2-5-15(18)22(30)28(21)11-12-29/h2-3,5-6,14,19,29H,4,7-13H2,1H3. The number of nitrogens with zero attached hydrogens (tertiary/aromatic N) is 6. The first-order valence-electron chi connectivity index (χ1n) is 10.6. The van der Waals surface area contributed by atoms with Crippen LogP contribution in [-0.2, 0) is 19.5 Å². The highest BCUT2D eigenvalue weighted by atomic mass is 16.3. The average Bonchev–Trinajstić information content (AvgIpc) is 3.24. The molecule has 2 aliphatic rings. The number of benzene rings is 1. The Balaban J connectivity index is 1.64. The van der Waals surface area contributed by atoms with Gasteiger partial charge in [0.2, 0.25) is 0 Å². The van der Waals surface area contributed by atoms with Gasteiger partial charge in [-0.2, -0.15) is 0 Å². The van der Waals surface area contributed by atoms with Crippen LogP contribution in [0.15, 0.2) is 35.4 Å². The van der Waals surface area contributed by atoms with Gasteiger partial charge in [0.1, 0.15) is 18.0 Å². The van der Waals surface area contributed by atoms with Crippen LogP contribution < -0.4 is 10.5 Å². The number of hydrogen-bond acceptors (Lipinski definition) is 7. The van der Waals surface area contributed by atoms with Crippen molar-refractivity contribution in [2.45, 2.75) is 38.4 Å². The lowest BCUT2D eigenvalue weighted by molar-refractivity contribution is 0.270. The summed E-state index contributed by atoms with van der Waals surface area (Å²) in [6.45, 7) is 2.81. The minimum Gasteiger partial charge on any atom is -0.395 e. The van der Waals surface area contributed by atoms with Crippen molar-refractivity contribution in [1.82, 2.24) is 24.4 Å². The molecule has 1 fully saturated rings. The Labute approximate surface area is 174 Å². The summed E-state index contributed by atoms with van der Waals surface area (Å²) >= 11 is 0. The molecule has 8 heteroatoms. The number of aliphatic hydroxyl groups excluding tert-OH is 1. The Bertz CT molecular complexity index is 1140. The van der Waals surface area contributed by atoms with Gasteiger partial charge >= 0.3 is 0 Å². The lowest BCUT2D eigenvalue weighted by Gasteiger charge is -2.32. The van der Waals surface area contributed by atoms with Gasteiger partial charge in [-0.25, -0.2) is 15.0 Å². The predicted molar refractivity (Wildman–Crippen MR) is 114 cm³/mol. The fraction of sp³-hybridized carbons (Fsp3) is 0.455. The van der Waals surface area contributed by atoms with E-state index < -0.39 is 0 Å². The van der Waals surface area contributed by atoms with Crippen molar-refractivity contribution >= 4 is 16.7 Å². The summed E-state index contributed by atoms with van der Waals surface area (Å²) in [4.78, 5) is 31.8. The first-order chi connectivity index (χ1) is 14.7. The summed E-state index contributed by atoms with van der Waals surface area (Å²) in [7, 11) is 2.12. The number of fused-ring (bicyclic) bond motifs is 2. The molecule has 3 aromatic rings. The number of anilines is 1. The third-order valence-electron chi connectivity index (χ3n) is 6.21. The molecule has 1 atom stereocenters. The van der Waals surface area contributed by atoms with Gasteiger partial charge in [-0.15, -0.1) is 0 Å². The Morgan fingerprint density at radius 2 is 2.07 bits per heavy atom. The van der Waals surface area contributed by atoms with Crippen LogP contribution in [-0.4, -0.2) is 56.3 Å². The SMILES string of the molecule is CN1CCc2ncnc(N3CCCC3c3nc4ccccc4c(=O)n3CCO)c2C1. The van der Waals surface area contributed by atoms with Crippen LogP contribution in [0.3, 0.4) is 0 Å². The van der Waals surface area contributed by atoms with Crippen molar-refractivity contribution in [1.29, 1.82) is 0 Å². The number of aliphatic hydroxyl groups is 1. The van der Waals surface area contributed by atoms with Crippen molar-refractivity contribution < 1.29 is 5.11 Å². The van der Waals surface area contributed by atoms with Crippen LogP contribution in [0.2, 0.25) is 0 Å². The van der Waals surface area contributed by atoms with E-state index in [1.807, 2.05) is 18.2 Å². The molecule has 5 rings (SSSR count). The molecule has 0 amide bonds. The molecule has 0 radical (unpaired) electrons. The smallest absolute Gasteiger partial charge is 0.261 e. The van der Waals surface area contributed by atoms with E-state index in [-0.39, 0.29) is 24.8 Å². The highest BCUT2D eigenvalue weighted by molar-refractivity contribution is 5.77. The maximum atomic E-state index is 13.2. The molecule has 30 heavy (non-hydrogen) atoms. The molecule has 0 aliphatic carbocycles. The summed E-state index contributed by atoms with van der Waals surface area (Å²) in [6.07, 6.45) is 4.47. The molecule has 8 nitrogen and oxygen atoms in total. The molecule has 0 saturated carbocycles. The zero-order chi connectivity index (χ0) is 20.7. The molecule has 2 aromatic heterocycles. The average molecular weight is 406 g/mol. The van der Waals surface area contributed by atoms with Gasteiger partial charge in [-0.05, 0) is 32.0 Å².